The number of carbonyl (C=O) groups is 2. The van der Waals surface area contributed by atoms with Crippen molar-refractivity contribution in [3.63, 3.8) is 0 Å². The summed E-state index contributed by atoms with van der Waals surface area (Å²) in [5.74, 6) is -0.826. The van der Waals surface area contributed by atoms with E-state index >= 15 is 0 Å². The van der Waals surface area contributed by atoms with Crippen LogP contribution in [0.2, 0.25) is 5.02 Å². The van der Waals surface area contributed by atoms with E-state index in [1.54, 1.807) is 13.2 Å². The summed E-state index contributed by atoms with van der Waals surface area (Å²) in [6.07, 6.45) is 3.78. The minimum Gasteiger partial charge on any atom is -0.496 e. The molecule has 0 radical (unpaired) electrons. The molecule has 2 aliphatic rings. The molecule has 0 aromatic heterocycles. The van der Waals surface area contributed by atoms with Gasteiger partial charge >= 0.3 is 5.97 Å². The van der Waals surface area contributed by atoms with E-state index in [1.807, 2.05) is 0 Å². The third-order valence-electron chi connectivity index (χ3n) is 6.34. The lowest BCUT2D eigenvalue weighted by molar-refractivity contribution is -0.143. The number of likely N-dealkylation sites (tertiary alicyclic amines) is 1. The van der Waals surface area contributed by atoms with Crippen LogP contribution in [0.25, 0.3) is 0 Å². The van der Waals surface area contributed by atoms with Crippen molar-refractivity contribution in [1.82, 2.24) is 10.2 Å². The molecule has 166 valence electrons. The van der Waals surface area contributed by atoms with E-state index in [9.17, 15) is 14.7 Å². The maximum absolute atomic E-state index is 12.9. The predicted molar refractivity (Wildman–Crippen MR) is 114 cm³/mol. The van der Waals surface area contributed by atoms with Gasteiger partial charge in [-0.2, -0.15) is 0 Å². The first-order valence-electron chi connectivity index (χ1n) is 10.3. The molecule has 4 N–H and O–H groups in total. The van der Waals surface area contributed by atoms with Gasteiger partial charge in [0.2, 0.25) is 0 Å². The van der Waals surface area contributed by atoms with E-state index in [-0.39, 0.29) is 24.0 Å². The number of halogens is 1. The molecule has 1 saturated carbocycles. The summed E-state index contributed by atoms with van der Waals surface area (Å²) < 4.78 is 11.0. The van der Waals surface area contributed by atoms with Crippen molar-refractivity contribution < 1.29 is 24.2 Å². The van der Waals surface area contributed by atoms with Crippen molar-refractivity contribution in [2.24, 2.45) is 5.92 Å². The Labute approximate surface area is 181 Å². The second-order valence-electron chi connectivity index (χ2n) is 8.06. The Morgan fingerprint density at radius 1 is 1.20 bits per heavy atom. The number of carboxylic acid groups (broad SMARTS) is 1. The molecule has 2 unspecified atom stereocenters. The molecule has 0 spiro atoms. The van der Waals surface area contributed by atoms with Crippen LogP contribution in [-0.4, -0.2) is 67.4 Å². The van der Waals surface area contributed by atoms with Gasteiger partial charge in [0.15, 0.2) is 0 Å². The second kappa shape index (κ2) is 9.85. The minimum absolute atomic E-state index is 0.143. The maximum Gasteiger partial charge on any atom is 0.306 e. The number of hydrogen-bond acceptors (Lipinski definition) is 6. The highest BCUT2D eigenvalue weighted by Gasteiger charge is 2.36. The molecule has 1 heterocycles. The Hall–Kier alpha value is -2.03. The number of methoxy groups -OCH3 is 2. The number of anilines is 1. The maximum atomic E-state index is 12.9. The quantitative estimate of drug-likeness (QED) is 0.583. The van der Waals surface area contributed by atoms with Crippen LogP contribution in [0.15, 0.2) is 12.1 Å². The number of rotatable bonds is 6. The zero-order valence-electron chi connectivity index (χ0n) is 17.4. The van der Waals surface area contributed by atoms with E-state index in [1.165, 1.54) is 13.2 Å². The van der Waals surface area contributed by atoms with Gasteiger partial charge in [-0.15, -0.1) is 0 Å². The van der Waals surface area contributed by atoms with Gasteiger partial charge in [0, 0.05) is 32.3 Å². The van der Waals surface area contributed by atoms with Gasteiger partial charge in [-0.3, -0.25) is 14.5 Å². The Morgan fingerprint density at radius 3 is 2.50 bits per heavy atom. The zero-order chi connectivity index (χ0) is 21.8. The van der Waals surface area contributed by atoms with E-state index in [4.69, 9.17) is 26.8 Å². The summed E-state index contributed by atoms with van der Waals surface area (Å²) in [5.41, 5.74) is 6.49. The number of ether oxygens (including phenoxy) is 2. The van der Waals surface area contributed by atoms with Gasteiger partial charge in [-0.05, 0) is 38.2 Å². The number of benzene rings is 1. The van der Waals surface area contributed by atoms with Gasteiger partial charge in [0.1, 0.15) is 5.75 Å². The number of nitrogens with one attached hydrogen (secondary N) is 1. The fourth-order valence-corrected chi connectivity index (χ4v) is 4.69. The van der Waals surface area contributed by atoms with Crippen LogP contribution in [0.5, 0.6) is 5.75 Å². The summed E-state index contributed by atoms with van der Waals surface area (Å²) in [7, 11) is 3.13. The summed E-state index contributed by atoms with van der Waals surface area (Å²) in [6.45, 7) is 1.52. The molecule has 30 heavy (non-hydrogen) atoms. The smallest absolute Gasteiger partial charge is 0.306 e. The monoisotopic (exact) mass is 439 g/mol. The molecule has 8 nitrogen and oxygen atoms in total. The van der Waals surface area contributed by atoms with Gasteiger partial charge in [-0.1, -0.05) is 11.6 Å². The highest BCUT2D eigenvalue weighted by Crippen LogP contribution is 2.31. The first-order valence-corrected chi connectivity index (χ1v) is 10.6. The molecular weight excluding hydrogens is 410 g/mol. The van der Waals surface area contributed by atoms with Gasteiger partial charge in [0.25, 0.3) is 5.91 Å². The fraction of sp³-hybridized carbons (Fsp3) is 0.619. The third kappa shape index (κ3) is 4.99. The first kappa shape index (κ1) is 22.7. The Bertz CT molecular complexity index is 782. The highest BCUT2D eigenvalue weighted by atomic mass is 35.5. The Balaban J connectivity index is 1.62. The lowest BCUT2D eigenvalue weighted by Crippen LogP contribution is -2.57. The molecule has 1 aromatic rings. The highest BCUT2D eigenvalue weighted by molar-refractivity contribution is 6.33. The van der Waals surface area contributed by atoms with Crippen molar-refractivity contribution >= 4 is 29.2 Å². The molecule has 1 amide bonds. The lowest BCUT2D eigenvalue weighted by atomic mass is 9.84. The molecule has 3 rings (SSSR count). The number of nitrogens with two attached hydrogens (primary N) is 1. The molecule has 0 bridgehead atoms. The number of carbonyl (C=O) groups excluding carboxylic acids is 1. The van der Waals surface area contributed by atoms with Crippen molar-refractivity contribution in [3.05, 3.63) is 22.7 Å². The minimum atomic E-state index is -0.692. The lowest BCUT2D eigenvalue weighted by Gasteiger charge is -2.43. The van der Waals surface area contributed by atoms with Crippen LogP contribution in [0.1, 0.15) is 42.5 Å². The SMILES string of the molecule is COc1cc(N)c(Cl)cc1C(=O)NC1CCN([C@H]2CC[C@@H](C(=O)O)CC2)CC1OC. The van der Waals surface area contributed by atoms with E-state index < -0.39 is 5.97 Å². The summed E-state index contributed by atoms with van der Waals surface area (Å²) in [6, 6.07) is 3.28. The number of piperidine rings is 1. The number of aliphatic carboxylic acids is 1. The van der Waals surface area contributed by atoms with Crippen LogP contribution in [0.3, 0.4) is 0 Å². The van der Waals surface area contributed by atoms with E-state index in [0.29, 0.717) is 47.5 Å². The second-order valence-corrected chi connectivity index (χ2v) is 8.46. The van der Waals surface area contributed by atoms with Gasteiger partial charge in [0.05, 0.1) is 41.4 Å². The largest absolute Gasteiger partial charge is 0.496 e. The van der Waals surface area contributed by atoms with E-state index in [2.05, 4.69) is 10.2 Å². The number of amides is 1. The zero-order valence-corrected chi connectivity index (χ0v) is 18.2. The van der Waals surface area contributed by atoms with Crippen molar-refractivity contribution in [3.8, 4) is 5.75 Å². The standard InChI is InChI=1S/C21H30ClN3O5/c1-29-18-10-16(23)15(22)9-14(18)20(26)24-17-7-8-25(11-19(17)30-2)13-5-3-12(4-6-13)21(27)28/h9-10,12-13,17,19H,3-8,11,23H2,1-2H3,(H,24,26)(H,27,28)/t12-,13+,17?,19?. The summed E-state index contributed by atoms with van der Waals surface area (Å²) in [5, 5.41) is 12.6. The third-order valence-corrected chi connectivity index (χ3v) is 6.66. The molecule has 1 aromatic carbocycles. The molecule has 9 heteroatoms. The summed E-state index contributed by atoms with van der Waals surface area (Å²) >= 11 is 6.09. The predicted octanol–water partition coefficient (Wildman–Crippen LogP) is 2.39. The van der Waals surface area contributed by atoms with Crippen molar-refractivity contribution in [1.29, 1.82) is 0 Å². The van der Waals surface area contributed by atoms with Crippen LogP contribution in [0.4, 0.5) is 5.69 Å². The number of nitrogens with zero attached hydrogens (tertiary/aromatic N) is 1. The Morgan fingerprint density at radius 2 is 1.90 bits per heavy atom. The molecule has 1 saturated heterocycles. The molecule has 1 aliphatic heterocycles. The van der Waals surface area contributed by atoms with Gasteiger partial charge < -0.3 is 25.6 Å². The average Bonchev–Trinajstić information content (AvgIpc) is 2.75. The van der Waals surface area contributed by atoms with E-state index in [0.717, 1.165) is 25.8 Å². The van der Waals surface area contributed by atoms with Crippen LogP contribution < -0.4 is 15.8 Å². The number of hydrogen-bond donors (Lipinski definition) is 3. The van der Waals surface area contributed by atoms with Crippen molar-refractivity contribution in [2.45, 2.75) is 50.3 Å². The number of nitrogen functional groups attached to an aromatic ring is 1. The molecule has 2 atom stereocenters. The number of carboxylic acids is 1. The normalized spacial score (nSPS) is 27.4. The molecular formula is C21H30ClN3O5. The fourth-order valence-electron chi connectivity index (χ4n) is 4.53. The van der Waals surface area contributed by atoms with Crippen LogP contribution in [0, 0.1) is 5.92 Å². The van der Waals surface area contributed by atoms with Crippen LogP contribution in [-0.2, 0) is 9.53 Å². The average molecular weight is 440 g/mol. The van der Waals surface area contributed by atoms with Crippen LogP contribution >= 0.6 is 11.6 Å². The topological polar surface area (TPSA) is 114 Å². The van der Waals surface area contributed by atoms with Gasteiger partial charge in [-0.25, -0.2) is 0 Å². The first-order chi connectivity index (χ1) is 14.3. The summed E-state index contributed by atoms with van der Waals surface area (Å²) in [4.78, 5) is 26.4. The molecule has 1 aliphatic carbocycles. The Kier molecular flexibility index (Phi) is 7.44. The van der Waals surface area contributed by atoms with Crippen molar-refractivity contribution in [2.75, 3.05) is 33.0 Å². The molecule has 2 fully saturated rings.